The van der Waals surface area contributed by atoms with Crippen molar-refractivity contribution in [2.75, 3.05) is 5.33 Å². The summed E-state index contributed by atoms with van der Waals surface area (Å²) in [6.07, 6.45) is 0. The fourth-order valence-corrected chi connectivity index (χ4v) is 1.92. The molecular weight excluding hydrogens is 256 g/mol. The molecule has 1 unspecified atom stereocenters. The van der Waals surface area contributed by atoms with Gasteiger partial charge in [-0.25, -0.2) is 4.99 Å². The van der Waals surface area contributed by atoms with Crippen LogP contribution < -0.4 is 10.7 Å². The maximum absolute atomic E-state index is 11.5. The fraction of sp³-hybridized carbons (Fsp3) is 0.364. The van der Waals surface area contributed by atoms with Crippen LogP contribution in [0, 0.1) is 13.8 Å². The lowest BCUT2D eigenvalue weighted by atomic mass is 10.1. The zero-order valence-corrected chi connectivity index (χ0v) is 10.2. The minimum absolute atomic E-state index is 0.164. The van der Waals surface area contributed by atoms with Crippen molar-refractivity contribution in [3.05, 3.63) is 34.0 Å². The molecule has 15 heavy (non-hydrogen) atoms. The number of carbonyl (C=O) groups is 1. The molecule has 3 nitrogen and oxygen atoms in total. The Morgan fingerprint density at radius 3 is 2.47 bits per heavy atom. The number of hydrogen-bond donors (Lipinski definition) is 0. The van der Waals surface area contributed by atoms with Crippen LogP contribution in [-0.4, -0.2) is 17.3 Å². The first-order valence-electron chi connectivity index (χ1n) is 4.75. The fourth-order valence-electron chi connectivity index (χ4n) is 1.50. The van der Waals surface area contributed by atoms with Crippen molar-refractivity contribution in [2.24, 2.45) is 9.98 Å². The van der Waals surface area contributed by atoms with Gasteiger partial charge in [-0.3, -0.25) is 9.79 Å². The van der Waals surface area contributed by atoms with E-state index in [1.807, 2.05) is 26.0 Å². The van der Waals surface area contributed by atoms with E-state index in [2.05, 4.69) is 25.9 Å². The van der Waals surface area contributed by atoms with Crippen LogP contribution in [0.5, 0.6) is 0 Å². The maximum Gasteiger partial charge on any atom is 0.271 e. The monoisotopic (exact) mass is 266 g/mol. The van der Waals surface area contributed by atoms with Crippen molar-refractivity contribution in [3.63, 3.8) is 0 Å². The van der Waals surface area contributed by atoms with Gasteiger partial charge in [-0.2, -0.15) is 0 Å². The van der Waals surface area contributed by atoms with E-state index in [-0.39, 0.29) is 11.9 Å². The molecule has 78 valence electrons. The molecule has 0 aromatic heterocycles. The van der Waals surface area contributed by atoms with Crippen LogP contribution in [0.2, 0.25) is 0 Å². The van der Waals surface area contributed by atoms with Crippen molar-refractivity contribution in [1.29, 1.82) is 0 Å². The van der Waals surface area contributed by atoms with Gasteiger partial charge in [0.05, 0.1) is 10.7 Å². The van der Waals surface area contributed by atoms with Crippen molar-refractivity contribution in [2.45, 2.75) is 19.9 Å². The van der Waals surface area contributed by atoms with Crippen molar-refractivity contribution in [3.8, 4) is 0 Å². The Balaban J connectivity index is 2.71. The minimum atomic E-state index is -0.361. The third kappa shape index (κ3) is 1.86. The van der Waals surface area contributed by atoms with Crippen molar-refractivity contribution >= 4 is 21.8 Å². The Hall–Kier alpha value is -1.03. The average Bonchev–Trinajstić information content (AvgIpc) is 2.20. The van der Waals surface area contributed by atoms with Gasteiger partial charge in [0.25, 0.3) is 5.91 Å². The van der Waals surface area contributed by atoms with Gasteiger partial charge in [-0.1, -0.05) is 15.9 Å². The third-order valence-corrected chi connectivity index (χ3v) is 3.16. The number of aryl methyl sites for hydroxylation is 2. The van der Waals surface area contributed by atoms with Crippen LogP contribution in [-0.2, 0) is 4.79 Å². The number of fused-ring (bicyclic) bond motifs is 1. The number of nitrogens with zero attached hydrogens (tertiary/aromatic N) is 2. The van der Waals surface area contributed by atoms with E-state index >= 15 is 0 Å². The zero-order chi connectivity index (χ0) is 11.0. The lowest BCUT2D eigenvalue weighted by molar-refractivity contribution is -0.119. The summed E-state index contributed by atoms with van der Waals surface area (Å²) in [4.78, 5) is 19.9. The molecule has 1 atom stereocenters. The Morgan fingerprint density at radius 1 is 1.27 bits per heavy atom. The van der Waals surface area contributed by atoms with Crippen molar-refractivity contribution < 1.29 is 4.79 Å². The summed E-state index contributed by atoms with van der Waals surface area (Å²) in [6, 6.07) is 3.53. The first kappa shape index (κ1) is 10.5. The minimum Gasteiger partial charge on any atom is -0.270 e. The third-order valence-electron chi connectivity index (χ3n) is 2.55. The SMILES string of the molecule is Cc1cc2c(cc1C)=NC(CBr)C(=O)N=2. The van der Waals surface area contributed by atoms with Crippen LogP contribution in [0.4, 0.5) is 0 Å². The summed E-state index contributed by atoms with van der Waals surface area (Å²) in [5.41, 5.74) is 2.31. The summed E-state index contributed by atoms with van der Waals surface area (Å²) in [5, 5.41) is 2.05. The lowest BCUT2D eigenvalue weighted by Gasteiger charge is -2.09. The Morgan fingerprint density at radius 2 is 1.87 bits per heavy atom. The van der Waals surface area contributed by atoms with Gasteiger partial charge in [0.1, 0.15) is 6.04 Å². The van der Waals surface area contributed by atoms with Gasteiger partial charge in [-0.15, -0.1) is 0 Å². The van der Waals surface area contributed by atoms with E-state index in [0.29, 0.717) is 10.7 Å². The number of hydrogen-bond acceptors (Lipinski definition) is 2. The number of benzene rings is 1. The molecule has 0 aliphatic carbocycles. The zero-order valence-electron chi connectivity index (χ0n) is 8.62. The first-order chi connectivity index (χ1) is 7.11. The van der Waals surface area contributed by atoms with Gasteiger partial charge in [0.15, 0.2) is 0 Å². The molecule has 1 aromatic rings. The Labute approximate surface area is 96.1 Å². The molecule has 4 heteroatoms. The molecule has 1 amide bonds. The molecule has 1 heterocycles. The second kappa shape index (κ2) is 3.85. The standard InChI is InChI=1S/C11H11BrN2O/c1-6-3-8-9(4-7(6)2)14-11(15)10(5-12)13-8/h3-4,10H,5H2,1-2H3. The normalized spacial score (nSPS) is 19.1. The molecule has 2 rings (SSSR count). The maximum atomic E-state index is 11.5. The molecule has 0 fully saturated rings. The Kier molecular flexibility index (Phi) is 2.69. The number of alkyl halides is 1. The van der Waals surface area contributed by atoms with Gasteiger partial charge in [0.2, 0.25) is 0 Å². The summed E-state index contributed by atoms with van der Waals surface area (Å²) < 4.78 is 0. The molecule has 0 saturated heterocycles. The molecule has 0 saturated carbocycles. The number of rotatable bonds is 1. The number of carbonyl (C=O) groups excluding carboxylic acids is 1. The number of halogens is 1. The van der Waals surface area contributed by atoms with Crippen LogP contribution in [0.1, 0.15) is 11.1 Å². The first-order valence-corrected chi connectivity index (χ1v) is 5.87. The summed E-state index contributed by atoms with van der Waals surface area (Å²) in [6.45, 7) is 4.04. The van der Waals surface area contributed by atoms with E-state index in [1.54, 1.807) is 0 Å². The average molecular weight is 267 g/mol. The molecule has 0 bridgehead atoms. The summed E-state index contributed by atoms with van der Waals surface area (Å²) in [5.74, 6) is -0.164. The van der Waals surface area contributed by atoms with E-state index in [1.165, 1.54) is 5.56 Å². The quantitative estimate of drug-likeness (QED) is 0.695. The van der Waals surface area contributed by atoms with Gasteiger partial charge < -0.3 is 0 Å². The smallest absolute Gasteiger partial charge is 0.270 e. The van der Waals surface area contributed by atoms with E-state index in [4.69, 9.17) is 0 Å². The highest BCUT2D eigenvalue weighted by Crippen LogP contribution is 2.03. The highest BCUT2D eigenvalue weighted by molar-refractivity contribution is 9.09. The molecular formula is C11H11BrN2O. The largest absolute Gasteiger partial charge is 0.271 e. The van der Waals surface area contributed by atoms with Crippen LogP contribution in [0.3, 0.4) is 0 Å². The molecule has 0 spiro atoms. The second-order valence-electron chi connectivity index (χ2n) is 3.67. The number of amides is 1. The van der Waals surface area contributed by atoms with E-state index < -0.39 is 0 Å². The molecule has 0 radical (unpaired) electrons. The summed E-state index contributed by atoms with van der Waals surface area (Å²) >= 11 is 3.26. The van der Waals surface area contributed by atoms with Crippen molar-refractivity contribution in [1.82, 2.24) is 0 Å². The molecule has 1 aliphatic heterocycles. The molecule has 1 aromatic carbocycles. The van der Waals surface area contributed by atoms with Gasteiger partial charge >= 0.3 is 0 Å². The Bertz CT molecular complexity index is 536. The lowest BCUT2D eigenvalue weighted by Crippen LogP contribution is -2.37. The van der Waals surface area contributed by atoms with Crippen LogP contribution in [0.15, 0.2) is 22.1 Å². The molecule has 0 N–H and O–H groups in total. The predicted octanol–water partition coefficient (Wildman–Crippen LogP) is 0.846. The topological polar surface area (TPSA) is 41.8 Å². The predicted molar refractivity (Wildman–Crippen MR) is 60.8 cm³/mol. The van der Waals surface area contributed by atoms with Gasteiger partial charge in [-0.05, 0) is 37.1 Å². The highest BCUT2D eigenvalue weighted by atomic mass is 79.9. The van der Waals surface area contributed by atoms with Crippen LogP contribution in [0.25, 0.3) is 0 Å². The van der Waals surface area contributed by atoms with E-state index in [0.717, 1.165) is 10.9 Å². The van der Waals surface area contributed by atoms with Gasteiger partial charge in [0, 0.05) is 5.33 Å². The summed E-state index contributed by atoms with van der Waals surface area (Å²) in [7, 11) is 0. The molecule has 1 aliphatic rings. The van der Waals surface area contributed by atoms with Crippen LogP contribution >= 0.6 is 15.9 Å². The second-order valence-corrected chi connectivity index (χ2v) is 4.32. The van der Waals surface area contributed by atoms with E-state index in [9.17, 15) is 4.79 Å². The highest BCUT2D eigenvalue weighted by Gasteiger charge is 2.18.